The summed E-state index contributed by atoms with van der Waals surface area (Å²) in [5.41, 5.74) is -0.264. The number of amides is 1. The predicted molar refractivity (Wildman–Crippen MR) is 110 cm³/mol. The van der Waals surface area contributed by atoms with Gasteiger partial charge >= 0.3 is 0 Å². The zero-order valence-corrected chi connectivity index (χ0v) is 18.2. The first kappa shape index (κ1) is 20.6. The molecular weight excluding hydrogens is 390 g/mol. The smallest absolute Gasteiger partial charge is 0.243 e. The molecule has 0 aromatic heterocycles. The number of hydrogen-bond donors (Lipinski definition) is 1. The molecule has 0 bridgehead atoms. The topological polar surface area (TPSA) is 79.0 Å². The van der Waals surface area contributed by atoms with Crippen LogP contribution in [-0.2, 0) is 14.8 Å². The highest BCUT2D eigenvalue weighted by atomic mass is 32.2. The van der Waals surface area contributed by atoms with Gasteiger partial charge in [-0.1, -0.05) is 13.8 Å². The van der Waals surface area contributed by atoms with E-state index in [0.29, 0.717) is 37.6 Å². The first-order valence-electron chi connectivity index (χ1n) is 10.4. The summed E-state index contributed by atoms with van der Waals surface area (Å²) in [6.45, 7) is 8.02. The quantitative estimate of drug-likeness (QED) is 0.781. The van der Waals surface area contributed by atoms with Crippen LogP contribution < -0.4 is 10.1 Å². The number of benzene rings is 1. The second-order valence-corrected chi connectivity index (χ2v) is 11.0. The first-order valence-corrected chi connectivity index (χ1v) is 11.9. The molecule has 1 aromatic rings. The minimum atomic E-state index is -3.54. The van der Waals surface area contributed by atoms with Gasteiger partial charge in [0.2, 0.25) is 15.9 Å². The SMILES string of the molecule is COc1ccc(S(=O)(=O)N2CCC3(CC2)NC(=O)[C@@H]2CN(CC(C)C)C[C@@H]23)cc1. The maximum absolute atomic E-state index is 13.0. The monoisotopic (exact) mass is 421 g/mol. The van der Waals surface area contributed by atoms with Gasteiger partial charge in [0.05, 0.1) is 17.9 Å². The van der Waals surface area contributed by atoms with Gasteiger partial charge in [0.25, 0.3) is 0 Å². The lowest BCUT2D eigenvalue weighted by molar-refractivity contribution is -0.123. The van der Waals surface area contributed by atoms with Crippen molar-refractivity contribution >= 4 is 15.9 Å². The van der Waals surface area contributed by atoms with Crippen LogP contribution in [0.2, 0.25) is 0 Å². The number of nitrogens with zero attached hydrogens (tertiary/aromatic N) is 2. The van der Waals surface area contributed by atoms with Crippen molar-refractivity contribution < 1.29 is 17.9 Å². The summed E-state index contributed by atoms with van der Waals surface area (Å²) in [7, 11) is -1.98. The Morgan fingerprint density at radius 3 is 2.41 bits per heavy atom. The summed E-state index contributed by atoms with van der Waals surface area (Å²) in [6.07, 6.45) is 1.34. The summed E-state index contributed by atoms with van der Waals surface area (Å²) in [4.78, 5) is 15.3. The van der Waals surface area contributed by atoms with Crippen molar-refractivity contribution in [1.29, 1.82) is 0 Å². The van der Waals surface area contributed by atoms with Crippen LogP contribution in [0.5, 0.6) is 5.75 Å². The van der Waals surface area contributed by atoms with E-state index < -0.39 is 10.0 Å². The van der Waals surface area contributed by atoms with Gasteiger partial charge in [-0.2, -0.15) is 4.31 Å². The Morgan fingerprint density at radius 2 is 1.83 bits per heavy atom. The van der Waals surface area contributed by atoms with Gasteiger partial charge in [-0.15, -0.1) is 0 Å². The third-order valence-corrected chi connectivity index (χ3v) is 8.66. The zero-order valence-electron chi connectivity index (χ0n) is 17.4. The molecular formula is C21H31N3O4S. The fourth-order valence-corrected chi connectivity index (χ4v) is 6.77. The number of hydrogen-bond acceptors (Lipinski definition) is 5. The van der Waals surface area contributed by atoms with E-state index in [1.165, 1.54) is 0 Å². The average molecular weight is 422 g/mol. The Balaban J connectivity index is 1.46. The fourth-order valence-electron chi connectivity index (χ4n) is 5.33. The van der Waals surface area contributed by atoms with Crippen molar-refractivity contribution in [2.45, 2.75) is 37.1 Å². The average Bonchev–Trinajstić information content (AvgIpc) is 3.21. The molecule has 0 aliphatic carbocycles. The van der Waals surface area contributed by atoms with Crippen LogP contribution in [0.1, 0.15) is 26.7 Å². The molecule has 1 aromatic carbocycles. The van der Waals surface area contributed by atoms with E-state index in [9.17, 15) is 13.2 Å². The minimum absolute atomic E-state index is 0.0403. The number of sulfonamides is 1. The van der Waals surface area contributed by atoms with Crippen LogP contribution in [-0.4, -0.2) is 68.9 Å². The molecule has 3 aliphatic heterocycles. The Kier molecular flexibility index (Phi) is 5.38. The van der Waals surface area contributed by atoms with Crippen molar-refractivity contribution in [3.05, 3.63) is 24.3 Å². The molecule has 3 saturated heterocycles. The van der Waals surface area contributed by atoms with Crippen LogP contribution in [0.25, 0.3) is 0 Å². The summed E-state index contributed by atoms with van der Waals surface area (Å²) >= 11 is 0. The lowest BCUT2D eigenvalue weighted by Gasteiger charge is -2.42. The molecule has 29 heavy (non-hydrogen) atoms. The number of rotatable bonds is 5. The van der Waals surface area contributed by atoms with E-state index >= 15 is 0 Å². The first-order chi connectivity index (χ1) is 13.7. The molecule has 3 fully saturated rings. The standard InChI is InChI=1S/C21H31N3O4S/c1-15(2)12-23-13-18-19(14-23)21(22-20(18)25)8-10-24(11-9-21)29(26,27)17-6-4-16(28-3)5-7-17/h4-7,15,18-19H,8-14H2,1-3H3,(H,22,25)/t18-,19+/m1/s1. The van der Waals surface area contributed by atoms with Gasteiger partial charge < -0.3 is 15.0 Å². The molecule has 2 atom stereocenters. The number of fused-ring (bicyclic) bond motifs is 2. The van der Waals surface area contributed by atoms with Crippen LogP contribution in [0.3, 0.4) is 0 Å². The Labute approximate surface area is 173 Å². The summed E-state index contributed by atoms with van der Waals surface area (Å²) in [5, 5.41) is 3.27. The molecule has 7 nitrogen and oxygen atoms in total. The molecule has 0 radical (unpaired) electrons. The van der Waals surface area contributed by atoms with Crippen LogP contribution in [0, 0.1) is 17.8 Å². The van der Waals surface area contributed by atoms with Gasteiger partial charge in [-0.3, -0.25) is 4.79 Å². The zero-order chi connectivity index (χ0) is 20.8. The minimum Gasteiger partial charge on any atom is -0.497 e. The molecule has 1 amide bonds. The summed E-state index contributed by atoms with van der Waals surface area (Å²) in [5.74, 6) is 1.67. The van der Waals surface area contributed by atoms with Gasteiger partial charge in [0.15, 0.2) is 0 Å². The van der Waals surface area contributed by atoms with Crippen LogP contribution >= 0.6 is 0 Å². The Bertz CT molecular complexity index is 860. The highest BCUT2D eigenvalue weighted by Gasteiger charge is 2.57. The number of methoxy groups -OCH3 is 1. The number of likely N-dealkylation sites (tertiary alicyclic amines) is 1. The number of carbonyl (C=O) groups excluding carboxylic acids is 1. The van der Waals surface area contributed by atoms with E-state index in [4.69, 9.17) is 4.74 Å². The van der Waals surface area contributed by atoms with E-state index in [0.717, 1.165) is 19.6 Å². The fraction of sp³-hybridized carbons (Fsp3) is 0.667. The highest BCUT2D eigenvalue weighted by molar-refractivity contribution is 7.89. The van der Waals surface area contributed by atoms with Gasteiger partial charge in [0, 0.05) is 44.2 Å². The van der Waals surface area contributed by atoms with Gasteiger partial charge in [0.1, 0.15) is 5.75 Å². The second kappa shape index (κ2) is 7.56. The lowest BCUT2D eigenvalue weighted by atomic mass is 9.76. The molecule has 4 rings (SSSR count). The second-order valence-electron chi connectivity index (χ2n) is 9.05. The maximum Gasteiger partial charge on any atom is 0.243 e. The van der Waals surface area contributed by atoms with Crippen LogP contribution in [0.4, 0.5) is 0 Å². The summed E-state index contributed by atoms with van der Waals surface area (Å²) < 4.78 is 32.8. The van der Waals surface area contributed by atoms with Crippen molar-refractivity contribution in [2.75, 3.05) is 39.8 Å². The van der Waals surface area contributed by atoms with E-state index in [2.05, 4.69) is 24.1 Å². The maximum atomic E-state index is 13.0. The Hall–Kier alpha value is -1.64. The number of ether oxygens (including phenoxy) is 1. The number of nitrogens with one attached hydrogen (secondary N) is 1. The molecule has 8 heteroatoms. The molecule has 1 spiro atoms. The van der Waals surface area contributed by atoms with Gasteiger partial charge in [-0.05, 0) is 43.0 Å². The molecule has 3 heterocycles. The largest absolute Gasteiger partial charge is 0.497 e. The van der Waals surface area contributed by atoms with Crippen molar-refractivity contribution in [3.8, 4) is 5.75 Å². The molecule has 160 valence electrons. The molecule has 1 N–H and O–H groups in total. The third-order valence-electron chi connectivity index (χ3n) is 6.75. The van der Waals surface area contributed by atoms with E-state index in [1.54, 1.807) is 35.7 Å². The highest BCUT2D eigenvalue weighted by Crippen LogP contribution is 2.44. The number of piperidine rings is 1. The van der Waals surface area contributed by atoms with Gasteiger partial charge in [-0.25, -0.2) is 8.42 Å². The molecule has 3 aliphatic rings. The van der Waals surface area contributed by atoms with Crippen molar-refractivity contribution in [2.24, 2.45) is 17.8 Å². The van der Waals surface area contributed by atoms with E-state index in [1.807, 2.05) is 0 Å². The summed E-state index contributed by atoms with van der Waals surface area (Å²) in [6, 6.07) is 6.52. The lowest BCUT2D eigenvalue weighted by Crippen LogP contribution is -2.56. The Morgan fingerprint density at radius 1 is 1.17 bits per heavy atom. The predicted octanol–water partition coefficient (Wildman–Crippen LogP) is 1.55. The number of carbonyl (C=O) groups is 1. The third kappa shape index (κ3) is 3.66. The normalized spacial score (nSPS) is 27.4. The molecule has 0 saturated carbocycles. The van der Waals surface area contributed by atoms with E-state index in [-0.39, 0.29) is 28.2 Å². The van der Waals surface area contributed by atoms with Crippen molar-refractivity contribution in [3.63, 3.8) is 0 Å². The van der Waals surface area contributed by atoms with Crippen LogP contribution in [0.15, 0.2) is 29.2 Å². The molecule has 0 unspecified atom stereocenters. The van der Waals surface area contributed by atoms with Crippen molar-refractivity contribution in [1.82, 2.24) is 14.5 Å².